The SMILES string of the molecule is CO/N=C(\C(=O)OSc1nc2ccccc2s1)c1csc(N)n1. The first-order valence-electron chi connectivity index (χ1n) is 6.24. The van der Waals surface area contributed by atoms with Crippen LogP contribution in [0, 0.1) is 0 Å². The molecular weight excluding hydrogens is 356 g/mol. The molecule has 1 aromatic carbocycles. The number of hydrogen-bond donors (Lipinski definition) is 1. The zero-order valence-corrected chi connectivity index (χ0v) is 14.2. The lowest BCUT2D eigenvalue weighted by molar-refractivity contribution is -0.125. The van der Waals surface area contributed by atoms with Crippen molar-refractivity contribution in [2.75, 3.05) is 12.8 Å². The van der Waals surface area contributed by atoms with Gasteiger partial charge in [-0.2, -0.15) is 0 Å². The topological polar surface area (TPSA) is 99.7 Å². The van der Waals surface area contributed by atoms with E-state index in [1.165, 1.54) is 29.8 Å². The molecular formula is C13H10N4O3S3. The van der Waals surface area contributed by atoms with Crippen molar-refractivity contribution in [1.82, 2.24) is 9.97 Å². The molecule has 0 spiro atoms. The monoisotopic (exact) mass is 366 g/mol. The second-order valence-electron chi connectivity index (χ2n) is 4.10. The molecule has 2 heterocycles. The number of nitrogens with zero attached hydrogens (tertiary/aromatic N) is 3. The number of hydrogen-bond acceptors (Lipinski definition) is 10. The summed E-state index contributed by atoms with van der Waals surface area (Å²) in [7, 11) is 1.34. The van der Waals surface area contributed by atoms with Crippen LogP contribution in [0.15, 0.2) is 39.1 Å². The van der Waals surface area contributed by atoms with Gasteiger partial charge in [0.2, 0.25) is 5.71 Å². The summed E-state index contributed by atoms with van der Waals surface area (Å²) >= 11 is 3.51. The third-order valence-corrected chi connectivity index (χ3v) is 5.03. The van der Waals surface area contributed by atoms with Crippen LogP contribution in [0.3, 0.4) is 0 Å². The van der Waals surface area contributed by atoms with Crippen molar-refractivity contribution in [1.29, 1.82) is 0 Å². The summed E-state index contributed by atoms with van der Waals surface area (Å²) in [5.74, 6) is -0.679. The first-order valence-corrected chi connectivity index (χ1v) is 8.68. The van der Waals surface area contributed by atoms with Crippen molar-refractivity contribution in [2.24, 2.45) is 5.16 Å². The van der Waals surface area contributed by atoms with Crippen LogP contribution < -0.4 is 5.73 Å². The average molecular weight is 366 g/mol. The molecule has 23 heavy (non-hydrogen) atoms. The lowest BCUT2D eigenvalue weighted by Crippen LogP contribution is -2.17. The van der Waals surface area contributed by atoms with Gasteiger partial charge in [0.1, 0.15) is 24.8 Å². The van der Waals surface area contributed by atoms with Gasteiger partial charge in [-0.05, 0) is 12.1 Å². The zero-order chi connectivity index (χ0) is 16.2. The molecule has 0 saturated heterocycles. The highest BCUT2D eigenvalue weighted by atomic mass is 32.2. The fourth-order valence-corrected chi connectivity index (χ4v) is 3.79. The maximum atomic E-state index is 12.2. The van der Waals surface area contributed by atoms with E-state index >= 15 is 0 Å². The molecule has 0 saturated carbocycles. The minimum Gasteiger partial charge on any atom is -0.398 e. The first-order chi connectivity index (χ1) is 11.2. The van der Waals surface area contributed by atoms with Crippen molar-refractivity contribution < 1.29 is 13.8 Å². The fraction of sp³-hybridized carbons (Fsp3) is 0.0769. The molecule has 0 radical (unpaired) electrons. The van der Waals surface area contributed by atoms with E-state index in [4.69, 9.17) is 9.92 Å². The van der Waals surface area contributed by atoms with E-state index < -0.39 is 5.97 Å². The Balaban J connectivity index is 1.73. The number of fused-ring (bicyclic) bond motifs is 1. The quantitative estimate of drug-likeness (QED) is 0.421. The molecule has 10 heteroatoms. The van der Waals surface area contributed by atoms with Gasteiger partial charge in [0.25, 0.3) is 0 Å². The van der Waals surface area contributed by atoms with Crippen molar-refractivity contribution in [3.8, 4) is 0 Å². The molecule has 2 N–H and O–H groups in total. The first kappa shape index (κ1) is 15.7. The van der Waals surface area contributed by atoms with E-state index in [2.05, 4.69) is 20.0 Å². The minimum absolute atomic E-state index is 0.0472. The maximum Gasteiger partial charge on any atom is 0.375 e. The van der Waals surface area contributed by atoms with Gasteiger partial charge < -0.3 is 14.8 Å². The van der Waals surface area contributed by atoms with E-state index in [-0.39, 0.29) is 5.71 Å². The molecule has 0 amide bonds. The van der Waals surface area contributed by atoms with Gasteiger partial charge >= 0.3 is 5.97 Å². The number of para-hydroxylation sites is 1. The second kappa shape index (κ2) is 6.94. The molecule has 0 bridgehead atoms. The van der Waals surface area contributed by atoms with Crippen molar-refractivity contribution >= 4 is 61.7 Å². The smallest absolute Gasteiger partial charge is 0.375 e. The van der Waals surface area contributed by atoms with E-state index in [1.54, 1.807) is 5.38 Å². The van der Waals surface area contributed by atoms with E-state index in [0.717, 1.165) is 22.3 Å². The molecule has 0 aliphatic carbocycles. The number of carbonyl (C=O) groups is 1. The van der Waals surface area contributed by atoms with Crippen LogP contribution in [0.1, 0.15) is 5.69 Å². The number of thiazole rings is 2. The van der Waals surface area contributed by atoms with Gasteiger partial charge in [-0.3, -0.25) is 0 Å². The van der Waals surface area contributed by atoms with Crippen LogP contribution in [0.25, 0.3) is 10.2 Å². The Morgan fingerprint density at radius 2 is 2.17 bits per heavy atom. The number of anilines is 1. The molecule has 118 valence electrons. The third-order valence-electron chi connectivity index (χ3n) is 2.60. The summed E-state index contributed by atoms with van der Waals surface area (Å²) in [6, 6.07) is 7.68. The molecule has 3 rings (SSSR count). The third kappa shape index (κ3) is 3.60. The summed E-state index contributed by atoms with van der Waals surface area (Å²) in [5, 5.41) is 5.60. The van der Waals surface area contributed by atoms with Crippen LogP contribution >= 0.6 is 34.7 Å². The molecule has 7 nitrogen and oxygen atoms in total. The lowest BCUT2D eigenvalue weighted by atomic mass is 10.3. The van der Waals surface area contributed by atoms with Crippen molar-refractivity contribution in [2.45, 2.75) is 4.34 Å². The van der Waals surface area contributed by atoms with Gasteiger partial charge in [-0.25, -0.2) is 14.8 Å². The number of nitrogen functional groups attached to an aromatic ring is 1. The van der Waals surface area contributed by atoms with E-state index in [1.807, 2.05) is 24.3 Å². The number of nitrogens with two attached hydrogens (primary N) is 1. The fourth-order valence-electron chi connectivity index (χ4n) is 1.68. The molecule has 0 aliphatic rings. The molecule has 3 aromatic rings. The standard InChI is InChI=1S/C13H10N4O3S3/c1-19-17-10(8-6-21-12(14)15-8)11(18)20-23-13-16-7-4-2-3-5-9(7)22-13/h2-6H,1H3,(H2,14,15)/b17-10-. The number of aromatic nitrogens is 2. The molecule has 0 aliphatic heterocycles. The predicted molar refractivity (Wildman–Crippen MR) is 91.6 cm³/mol. The summed E-state index contributed by atoms with van der Waals surface area (Å²) in [5.41, 5.74) is 6.68. The maximum absolute atomic E-state index is 12.2. The van der Waals surface area contributed by atoms with E-state index in [9.17, 15) is 4.79 Å². The number of rotatable bonds is 5. The summed E-state index contributed by atoms with van der Waals surface area (Å²) in [6.45, 7) is 0. The van der Waals surface area contributed by atoms with Crippen LogP contribution in [0.5, 0.6) is 0 Å². The van der Waals surface area contributed by atoms with Gasteiger partial charge in [-0.1, -0.05) is 17.3 Å². The molecule has 0 atom stereocenters. The minimum atomic E-state index is -0.679. The Morgan fingerprint density at radius 1 is 1.35 bits per heavy atom. The Kier molecular flexibility index (Phi) is 4.74. The molecule has 0 fully saturated rings. The summed E-state index contributed by atoms with van der Waals surface area (Å²) < 4.78 is 6.81. The Hall–Kier alpha value is -2.17. The second-order valence-corrected chi connectivity index (χ2v) is 6.99. The predicted octanol–water partition coefficient (Wildman–Crippen LogP) is 2.94. The number of oxime groups is 1. The lowest BCUT2D eigenvalue weighted by Gasteiger charge is -2.01. The number of carbonyl (C=O) groups excluding carboxylic acids is 1. The van der Waals surface area contributed by atoms with Crippen molar-refractivity contribution in [3.63, 3.8) is 0 Å². The Bertz CT molecular complexity index is 841. The van der Waals surface area contributed by atoms with Crippen LogP contribution in [-0.4, -0.2) is 28.8 Å². The van der Waals surface area contributed by atoms with Gasteiger partial charge in [0.05, 0.1) is 10.2 Å². The normalized spacial score (nSPS) is 11.6. The Labute approximate surface area is 143 Å². The Morgan fingerprint density at radius 3 is 2.87 bits per heavy atom. The van der Waals surface area contributed by atoms with Crippen LogP contribution in [0.2, 0.25) is 0 Å². The van der Waals surface area contributed by atoms with Gasteiger partial charge in [0, 0.05) is 5.38 Å². The largest absolute Gasteiger partial charge is 0.398 e. The summed E-state index contributed by atoms with van der Waals surface area (Å²) in [6.07, 6.45) is 0. The highest BCUT2D eigenvalue weighted by molar-refractivity contribution is 7.97. The van der Waals surface area contributed by atoms with Crippen molar-refractivity contribution in [3.05, 3.63) is 35.3 Å². The van der Waals surface area contributed by atoms with Gasteiger partial charge in [0.15, 0.2) is 9.47 Å². The van der Waals surface area contributed by atoms with Gasteiger partial charge in [-0.15, -0.1) is 22.7 Å². The zero-order valence-electron chi connectivity index (χ0n) is 11.8. The van der Waals surface area contributed by atoms with Crippen LogP contribution in [0.4, 0.5) is 5.13 Å². The average Bonchev–Trinajstić information content (AvgIpc) is 3.15. The highest BCUT2D eigenvalue weighted by Crippen LogP contribution is 2.30. The molecule has 2 aromatic heterocycles. The number of benzene rings is 1. The summed E-state index contributed by atoms with van der Waals surface area (Å²) in [4.78, 5) is 25.2. The van der Waals surface area contributed by atoms with Crippen LogP contribution in [-0.2, 0) is 13.8 Å². The van der Waals surface area contributed by atoms with E-state index in [0.29, 0.717) is 15.2 Å². The highest BCUT2D eigenvalue weighted by Gasteiger charge is 2.21. The molecule has 0 unspecified atom stereocenters.